The number of nitrogens with two attached hydrogens (primary N) is 1. The van der Waals surface area contributed by atoms with Crippen molar-refractivity contribution in [2.24, 2.45) is 5.16 Å². The number of carbonyl (C=O) groups excluding carboxylic acids is 4. The van der Waals surface area contributed by atoms with Crippen molar-refractivity contribution in [3.05, 3.63) is 16.7 Å². The van der Waals surface area contributed by atoms with E-state index in [0.717, 1.165) is 21.1 Å². The van der Waals surface area contributed by atoms with Gasteiger partial charge >= 0.3 is 18.0 Å². The van der Waals surface area contributed by atoms with Gasteiger partial charge in [0.05, 0.1) is 0 Å². The summed E-state index contributed by atoms with van der Waals surface area (Å²) in [7, 11) is 1.37. The van der Waals surface area contributed by atoms with Crippen LogP contribution in [-0.4, -0.2) is 81.9 Å². The molecule has 2 unspecified atom stereocenters. The third-order valence-corrected chi connectivity index (χ3v) is 6.43. The average Bonchev–Trinajstić information content (AvgIpc) is 3.20. The minimum Gasteiger partial charge on any atom is -0.477 e. The summed E-state index contributed by atoms with van der Waals surface area (Å²) in [5, 5.41) is 16.3. The minimum atomic E-state index is -1.35. The van der Waals surface area contributed by atoms with Crippen LogP contribution in [0.1, 0.15) is 6.92 Å². The summed E-state index contributed by atoms with van der Waals surface area (Å²) >= 11 is 2.33. The maximum Gasteiger partial charge on any atom is 0.441 e. The third-order valence-electron chi connectivity index (χ3n) is 4.43. The summed E-state index contributed by atoms with van der Waals surface area (Å²) in [6.45, 7) is 0.934. The van der Waals surface area contributed by atoms with E-state index < -0.39 is 41.3 Å². The Bertz CT molecular complexity index is 1070. The number of carboxylic acids is 1. The molecule has 0 spiro atoms. The Morgan fingerprint density at radius 2 is 2.18 bits per heavy atom. The Kier molecular flexibility index (Phi) is 7.17. The second kappa shape index (κ2) is 9.86. The SMILES string of the molecule is CC(=O)OCC1=C(C(=O)O)N2C(=O)C(NC(=O)/C=N/OC(=O)N(C)c3csc(N)n3)C2SC1. The quantitative estimate of drug-likeness (QED) is 0.145. The topological polar surface area (TPSA) is 194 Å². The molecule has 3 rings (SSSR count). The van der Waals surface area contributed by atoms with Crippen LogP contribution < -0.4 is 16.0 Å². The number of anilines is 2. The number of esters is 1. The van der Waals surface area contributed by atoms with Crippen molar-refractivity contribution in [3.63, 3.8) is 0 Å². The van der Waals surface area contributed by atoms with Crippen molar-refractivity contribution in [2.75, 3.05) is 30.0 Å². The van der Waals surface area contributed by atoms with Gasteiger partial charge in [0.2, 0.25) is 0 Å². The molecule has 0 aliphatic carbocycles. The van der Waals surface area contributed by atoms with Crippen molar-refractivity contribution in [1.29, 1.82) is 0 Å². The molecule has 0 bridgehead atoms. The van der Waals surface area contributed by atoms with Gasteiger partial charge in [0.1, 0.15) is 29.9 Å². The zero-order chi connectivity index (χ0) is 24.3. The lowest BCUT2D eigenvalue weighted by molar-refractivity contribution is -0.150. The first-order valence-corrected chi connectivity index (χ1v) is 11.1. The number of nitrogens with one attached hydrogen (secondary N) is 1. The predicted molar refractivity (Wildman–Crippen MR) is 116 cm³/mol. The molecule has 2 aliphatic rings. The number of aromatic nitrogens is 1. The lowest BCUT2D eigenvalue weighted by Crippen LogP contribution is -2.70. The molecule has 1 aromatic rings. The molecule has 16 heteroatoms. The van der Waals surface area contributed by atoms with Gasteiger partial charge in [-0.25, -0.2) is 14.6 Å². The molecular weight excluding hydrogens is 480 g/mol. The van der Waals surface area contributed by atoms with Crippen molar-refractivity contribution >= 4 is 70.1 Å². The van der Waals surface area contributed by atoms with E-state index in [4.69, 9.17) is 10.5 Å². The van der Waals surface area contributed by atoms with E-state index in [1.54, 1.807) is 0 Å². The fourth-order valence-corrected chi connectivity index (χ4v) is 4.79. The highest BCUT2D eigenvalue weighted by Crippen LogP contribution is 2.40. The molecule has 33 heavy (non-hydrogen) atoms. The van der Waals surface area contributed by atoms with Crippen LogP contribution >= 0.6 is 23.1 Å². The van der Waals surface area contributed by atoms with Gasteiger partial charge < -0.3 is 20.9 Å². The number of carboxylic acid groups (broad SMARTS) is 1. The van der Waals surface area contributed by atoms with Gasteiger partial charge in [-0.1, -0.05) is 5.16 Å². The van der Waals surface area contributed by atoms with E-state index in [1.165, 1.54) is 31.1 Å². The lowest BCUT2D eigenvalue weighted by atomic mass is 10.0. The molecular formula is C17H18N6O8S2. The van der Waals surface area contributed by atoms with Gasteiger partial charge in [-0.15, -0.1) is 23.1 Å². The molecule has 1 aromatic heterocycles. The first-order chi connectivity index (χ1) is 15.6. The maximum atomic E-state index is 12.5. The Balaban J connectivity index is 1.56. The van der Waals surface area contributed by atoms with Crippen LogP contribution in [0.5, 0.6) is 0 Å². The number of nitrogens with zero attached hydrogens (tertiary/aromatic N) is 4. The number of thioether (sulfide) groups is 1. The van der Waals surface area contributed by atoms with Crippen LogP contribution in [0.4, 0.5) is 15.7 Å². The van der Waals surface area contributed by atoms with Crippen molar-refractivity contribution < 1.29 is 38.7 Å². The van der Waals surface area contributed by atoms with Crippen LogP contribution in [0.25, 0.3) is 0 Å². The van der Waals surface area contributed by atoms with Gasteiger partial charge in [0, 0.05) is 30.7 Å². The first kappa shape index (κ1) is 24.0. The highest BCUT2D eigenvalue weighted by molar-refractivity contribution is 8.00. The Morgan fingerprint density at radius 1 is 1.45 bits per heavy atom. The molecule has 3 amide bonds. The second-order valence-corrected chi connectivity index (χ2v) is 8.62. The number of ether oxygens (including phenoxy) is 1. The normalized spacial score (nSPS) is 19.6. The van der Waals surface area contributed by atoms with Crippen LogP contribution in [0.15, 0.2) is 21.8 Å². The predicted octanol–water partition coefficient (Wildman–Crippen LogP) is -0.414. The molecule has 0 aromatic carbocycles. The Morgan fingerprint density at radius 3 is 2.79 bits per heavy atom. The smallest absolute Gasteiger partial charge is 0.441 e. The number of rotatable bonds is 7. The number of hydrogen-bond acceptors (Lipinski definition) is 12. The van der Waals surface area contributed by atoms with Gasteiger partial charge in [-0.05, 0) is 0 Å². The third kappa shape index (κ3) is 5.23. The van der Waals surface area contributed by atoms with E-state index in [0.29, 0.717) is 6.21 Å². The van der Waals surface area contributed by atoms with E-state index in [2.05, 4.69) is 20.3 Å². The number of hydrogen-bond donors (Lipinski definition) is 3. The molecule has 0 saturated carbocycles. The summed E-state index contributed by atoms with van der Waals surface area (Å²) in [6.07, 6.45) is -0.250. The highest BCUT2D eigenvalue weighted by Gasteiger charge is 2.54. The van der Waals surface area contributed by atoms with Crippen LogP contribution in [0, 0.1) is 0 Å². The zero-order valence-electron chi connectivity index (χ0n) is 17.2. The molecule has 2 aliphatic heterocycles. The molecule has 4 N–H and O–H groups in total. The summed E-state index contributed by atoms with van der Waals surface area (Å²) < 4.78 is 4.85. The molecule has 176 valence electrons. The molecule has 3 heterocycles. The summed E-state index contributed by atoms with van der Waals surface area (Å²) in [6, 6.07) is -1.00. The number of carbonyl (C=O) groups is 5. The highest BCUT2D eigenvalue weighted by atomic mass is 32.2. The zero-order valence-corrected chi connectivity index (χ0v) is 18.8. The van der Waals surface area contributed by atoms with Gasteiger partial charge in [-0.3, -0.25) is 29.0 Å². The number of aliphatic carboxylic acids is 1. The molecule has 0 radical (unpaired) electrons. The number of thiazole rings is 1. The van der Waals surface area contributed by atoms with Crippen molar-refractivity contribution in [3.8, 4) is 0 Å². The molecule has 1 saturated heterocycles. The Hall–Kier alpha value is -3.66. The number of β-lactam (4-membered cyclic amide) rings is 1. The van der Waals surface area contributed by atoms with Crippen LogP contribution in [-0.2, 0) is 28.8 Å². The van der Waals surface area contributed by atoms with Crippen molar-refractivity contribution in [2.45, 2.75) is 18.3 Å². The van der Waals surface area contributed by atoms with Crippen molar-refractivity contribution in [1.82, 2.24) is 15.2 Å². The lowest BCUT2D eigenvalue weighted by Gasteiger charge is -2.49. The average molecular weight is 498 g/mol. The number of amides is 3. The Labute approximate surface area is 194 Å². The molecule has 14 nitrogen and oxygen atoms in total. The number of nitrogen functional groups attached to an aromatic ring is 1. The van der Waals surface area contributed by atoms with Crippen LogP contribution in [0.3, 0.4) is 0 Å². The number of oxime groups is 1. The van der Waals surface area contributed by atoms with Crippen LogP contribution in [0.2, 0.25) is 0 Å². The maximum absolute atomic E-state index is 12.5. The summed E-state index contributed by atoms with van der Waals surface area (Å²) in [4.78, 5) is 69.8. The fourth-order valence-electron chi connectivity index (χ4n) is 2.88. The van der Waals surface area contributed by atoms with E-state index in [1.807, 2.05) is 0 Å². The monoisotopic (exact) mass is 498 g/mol. The first-order valence-electron chi connectivity index (χ1n) is 9.13. The minimum absolute atomic E-state index is 0.189. The van der Waals surface area contributed by atoms with Gasteiger partial charge in [0.15, 0.2) is 10.9 Å². The summed E-state index contributed by atoms with van der Waals surface area (Å²) in [5.74, 6) is -2.97. The second-order valence-electron chi connectivity index (χ2n) is 6.63. The van der Waals surface area contributed by atoms with E-state index in [9.17, 15) is 29.1 Å². The van der Waals surface area contributed by atoms with E-state index >= 15 is 0 Å². The largest absolute Gasteiger partial charge is 0.477 e. The number of fused-ring (bicyclic) bond motifs is 1. The van der Waals surface area contributed by atoms with Gasteiger partial charge in [0.25, 0.3) is 11.8 Å². The molecule has 1 fully saturated rings. The fraction of sp³-hybridized carbons (Fsp3) is 0.353. The molecule has 2 atom stereocenters. The summed E-state index contributed by atoms with van der Waals surface area (Å²) in [5.41, 5.74) is 5.50. The van der Waals surface area contributed by atoms with Gasteiger partial charge in [-0.2, -0.15) is 0 Å². The standard InChI is InChI=1S/C17H18N6O8S2/c1-7(24)30-4-8-5-32-14-11(13(26)23(14)12(8)15(27)28)21-10(25)3-19-31-17(29)22(2)9-6-33-16(18)20-9/h3,6,11,14H,4-5H2,1-2H3,(H2,18,20)(H,21,25)(H,27,28)/b19-3+. The van der Waals surface area contributed by atoms with E-state index in [-0.39, 0.29) is 34.6 Å².